The van der Waals surface area contributed by atoms with Crippen LogP contribution in [0.3, 0.4) is 0 Å². The van der Waals surface area contributed by atoms with Crippen molar-refractivity contribution in [3.63, 3.8) is 0 Å². The third-order valence-corrected chi connectivity index (χ3v) is 2.96. The van der Waals surface area contributed by atoms with Gasteiger partial charge in [-0.05, 0) is 0 Å². The zero-order chi connectivity index (χ0) is 20.0. The van der Waals surface area contributed by atoms with Crippen molar-refractivity contribution in [1.82, 2.24) is 0 Å². The van der Waals surface area contributed by atoms with Gasteiger partial charge in [-0.1, -0.05) is 6.92 Å². The summed E-state index contributed by atoms with van der Waals surface area (Å²) in [5.74, 6) is -39.9. The van der Waals surface area contributed by atoms with E-state index in [2.05, 4.69) is 0 Å². The second-order valence-electron chi connectivity index (χ2n) is 4.72. The van der Waals surface area contributed by atoms with Crippen molar-refractivity contribution in [3.8, 4) is 0 Å². The van der Waals surface area contributed by atoms with Gasteiger partial charge in [0.2, 0.25) is 0 Å². The Kier molecular flexibility index (Phi) is 5.83. The molecule has 0 aliphatic carbocycles. The minimum Gasteiger partial charge on any atom is -0.203 e. The molecular formula is C10H8F14. The molecule has 0 rings (SSSR count). The van der Waals surface area contributed by atoms with Crippen molar-refractivity contribution in [2.75, 3.05) is 0 Å². The van der Waals surface area contributed by atoms with Gasteiger partial charge in [-0.3, -0.25) is 0 Å². The van der Waals surface area contributed by atoms with Crippen LogP contribution in [-0.2, 0) is 0 Å². The summed E-state index contributed by atoms with van der Waals surface area (Å²) in [4.78, 5) is 0. The molecular weight excluding hydrogens is 386 g/mol. The van der Waals surface area contributed by atoms with Gasteiger partial charge in [0, 0.05) is 6.42 Å². The molecule has 0 saturated heterocycles. The van der Waals surface area contributed by atoms with Crippen LogP contribution in [0.15, 0.2) is 0 Å². The quantitative estimate of drug-likeness (QED) is 0.452. The molecule has 0 saturated carbocycles. The number of hydrogen-bond donors (Lipinski definition) is 0. The number of rotatable bonds is 8. The Morgan fingerprint density at radius 1 is 0.583 bits per heavy atom. The molecule has 0 bridgehead atoms. The highest BCUT2D eigenvalue weighted by molar-refractivity contribution is 5.04. The Balaban J connectivity index is 5.87. The van der Waals surface area contributed by atoms with E-state index in [-0.39, 0.29) is 6.92 Å². The topological polar surface area (TPSA) is 0 Å². The number of hydrogen-bond acceptors (Lipinski definition) is 0. The largest absolute Gasteiger partial charge is 0.378 e. The minimum atomic E-state index is -7.21. The van der Waals surface area contributed by atoms with E-state index in [0.29, 0.717) is 0 Å². The predicted molar refractivity (Wildman–Crippen MR) is 50.6 cm³/mol. The van der Waals surface area contributed by atoms with Gasteiger partial charge in [0.05, 0.1) is 6.42 Å². The molecule has 0 aromatic rings. The SMILES string of the molecule is CCC(F)(F)C(F)(F)C(F)(F)CC(F)(F)C(F)(F)C(F)(F)C(F)F. The van der Waals surface area contributed by atoms with Gasteiger partial charge in [0.25, 0.3) is 0 Å². The van der Waals surface area contributed by atoms with Crippen LogP contribution in [0.25, 0.3) is 0 Å². The molecule has 0 aliphatic rings. The van der Waals surface area contributed by atoms with Crippen LogP contribution in [-0.4, -0.2) is 42.0 Å². The Hall–Kier alpha value is -0.980. The molecule has 0 aromatic heterocycles. The molecule has 14 heteroatoms. The van der Waals surface area contributed by atoms with E-state index < -0.39 is 54.8 Å². The molecule has 0 nitrogen and oxygen atoms in total. The average molecular weight is 394 g/mol. The standard InChI is InChI=1S/C10H8F14/c1-2-5(13,14)9(21,22)6(15,16)3-7(17,18)10(23,24)8(19,20)4(11)12/h4H,2-3H2,1H3. The molecule has 0 heterocycles. The molecule has 0 radical (unpaired) electrons. The molecule has 0 N–H and O–H groups in total. The Morgan fingerprint density at radius 2 is 0.917 bits per heavy atom. The second kappa shape index (κ2) is 6.07. The minimum absolute atomic E-state index is 0.224. The number of halogens is 14. The highest BCUT2D eigenvalue weighted by Gasteiger charge is 2.80. The normalized spacial score (nSPS) is 16.0. The fraction of sp³-hybridized carbons (Fsp3) is 1.00. The van der Waals surface area contributed by atoms with Gasteiger partial charge in [0.15, 0.2) is 0 Å². The van der Waals surface area contributed by atoms with E-state index in [1.807, 2.05) is 0 Å². The zero-order valence-electron chi connectivity index (χ0n) is 11.3. The summed E-state index contributed by atoms with van der Waals surface area (Å²) >= 11 is 0. The fourth-order valence-corrected chi connectivity index (χ4v) is 1.37. The first-order valence-corrected chi connectivity index (χ1v) is 5.76. The van der Waals surface area contributed by atoms with Crippen LogP contribution in [0.4, 0.5) is 61.5 Å². The van der Waals surface area contributed by atoms with Gasteiger partial charge < -0.3 is 0 Å². The van der Waals surface area contributed by atoms with Crippen molar-refractivity contribution in [3.05, 3.63) is 0 Å². The van der Waals surface area contributed by atoms with Crippen LogP contribution in [0.2, 0.25) is 0 Å². The van der Waals surface area contributed by atoms with Crippen LogP contribution in [0.5, 0.6) is 0 Å². The van der Waals surface area contributed by atoms with E-state index in [0.717, 1.165) is 0 Å². The summed E-state index contributed by atoms with van der Waals surface area (Å²) in [6, 6.07) is 0. The van der Waals surface area contributed by atoms with Gasteiger partial charge >= 0.3 is 42.0 Å². The zero-order valence-corrected chi connectivity index (χ0v) is 11.3. The lowest BCUT2D eigenvalue weighted by Crippen LogP contribution is -2.62. The molecule has 24 heavy (non-hydrogen) atoms. The maximum absolute atomic E-state index is 13.0. The Labute approximate surface area is 124 Å². The lowest BCUT2D eigenvalue weighted by atomic mass is 9.92. The van der Waals surface area contributed by atoms with E-state index >= 15 is 0 Å². The van der Waals surface area contributed by atoms with Crippen LogP contribution < -0.4 is 0 Å². The maximum atomic E-state index is 13.0. The van der Waals surface area contributed by atoms with E-state index in [9.17, 15) is 61.5 Å². The first-order valence-electron chi connectivity index (χ1n) is 5.76. The molecule has 0 unspecified atom stereocenters. The highest BCUT2D eigenvalue weighted by Crippen LogP contribution is 2.56. The highest BCUT2D eigenvalue weighted by atomic mass is 19.4. The fourth-order valence-electron chi connectivity index (χ4n) is 1.37. The van der Waals surface area contributed by atoms with Crippen molar-refractivity contribution < 1.29 is 61.5 Å². The molecule has 0 aromatic carbocycles. The smallest absolute Gasteiger partial charge is 0.203 e. The van der Waals surface area contributed by atoms with E-state index in [1.54, 1.807) is 0 Å². The molecule has 146 valence electrons. The summed E-state index contributed by atoms with van der Waals surface area (Å²) in [6.07, 6.45) is -11.7. The summed E-state index contributed by atoms with van der Waals surface area (Å²) in [7, 11) is 0. The van der Waals surface area contributed by atoms with Gasteiger partial charge in [-0.25, -0.2) is 8.78 Å². The Morgan fingerprint density at radius 3 is 1.21 bits per heavy atom. The number of alkyl halides is 14. The van der Waals surface area contributed by atoms with Crippen LogP contribution >= 0.6 is 0 Å². The monoisotopic (exact) mass is 394 g/mol. The third kappa shape index (κ3) is 3.37. The summed E-state index contributed by atoms with van der Waals surface area (Å²) in [5.41, 5.74) is 0. The lowest BCUT2D eigenvalue weighted by molar-refractivity contribution is -0.370. The molecule has 0 fully saturated rings. The van der Waals surface area contributed by atoms with Gasteiger partial charge in [0.1, 0.15) is 0 Å². The van der Waals surface area contributed by atoms with E-state index in [1.165, 1.54) is 0 Å². The van der Waals surface area contributed by atoms with Crippen LogP contribution in [0.1, 0.15) is 19.8 Å². The molecule has 0 spiro atoms. The Bertz CT molecular complexity index is 437. The van der Waals surface area contributed by atoms with Crippen molar-refractivity contribution in [2.24, 2.45) is 0 Å². The predicted octanol–water partition coefficient (Wildman–Crippen LogP) is 5.86. The van der Waals surface area contributed by atoms with Crippen molar-refractivity contribution in [2.45, 2.75) is 61.7 Å². The summed E-state index contributed by atoms with van der Waals surface area (Å²) in [5, 5.41) is 0. The summed E-state index contributed by atoms with van der Waals surface area (Å²) in [6.45, 7) is 0.224. The molecule has 0 amide bonds. The molecule has 0 atom stereocenters. The van der Waals surface area contributed by atoms with Crippen molar-refractivity contribution >= 4 is 0 Å². The second-order valence-corrected chi connectivity index (χ2v) is 4.72. The maximum Gasteiger partial charge on any atom is 0.378 e. The average Bonchev–Trinajstić information content (AvgIpc) is 2.36. The van der Waals surface area contributed by atoms with Gasteiger partial charge in [-0.2, -0.15) is 52.7 Å². The van der Waals surface area contributed by atoms with E-state index in [4.69, 9.17) is 0 Å². The first kappa shape index (κ1) is 23.0. The third-order valence-electron chi connectivity index (χ3n) is 2.96. The van der Waals surface area contributed by atoms with Crippen molar-refractivity contribution in [1.29, 1.82) is 0 Å². The molecule has 0 aliphatic heterocycles. The first-order chi connectivity index (χ1) is 10.2. The lowest BCUT2D eigenvalue weighted by Gasteiger charge is -2.37. The summed E-state index contributed by atoms with van der Waals surface area (Å²) < 4.78 is 177. The van der Waals surface area contributed by atoms with Crippen LogP contribution in [0, 0.1) is 0 Å². The van der Waals surface area contributed by atoms with Gasteiger partial charge in [-0.15, -0.1) is 0 Å².